The number of benzene rings is 2. The summed E-state index contributed by atoms with van der Waals surface area (Å²) in [5.41, 5.74) is 6.49. The first-order valence-corrected chi connectivity index (χ1v) is 7.21. The summed E-state index contributed by atoms with van der Waals surface area (Å²) in [6.07, 6.45) is 0. The van der Waals surface area contributed by atoms with Crippen molar-refractivity contribution < 1.29 is 9.13 Å². The Bertz CT molecular complexity index is 666. The lowest BCUT2D eigenvalue weighted by Crippen LogP contribution is -2.10. The monoisotopic (exact) mass is 373 g/mol. The van der Waals surface area contributed by atoms with Crippen LogP contribution in [0.5, 0.6) is 5.75 Å². The number of hydrogen-bond donors (Lipinski definition) is 1. The van der Waals surface area contributed by atoms with Gasteiger partial charge >= 0.3 is 0 Å². The van der Waals surface area contributed by atoms with Gasteiger partial charge in [0.05, 0.1) is 5.02 Å². The van der Waals surface area contributed by atoms with Crippen molar-refractivity contribution in [2.75, 3.05) is 0 Å². The van der Waals surface area contributed by atoms with Gasteiger partial charge in [0.1, 0.15) is 23.2 Å². The Hall–Kier alpha value is -1.17. The number of thiocarbonyl (C=S) groups is 1. The third-order valence-corrected chi connectivity index (χ3v) is 3.63. The summed E-state index contributed by atoms with van der Waals surface area (Å²) in [4.78, 5) is 0.216. The number of halogens is 3. The Morgan fingerprint density at radius 1 is 1.30 bits per heavy atom. The number of rotatable bonds is 4. The zero-order valence-corrected chi connectivity index (χ0v) is 13.4. The van der Waals surface area contributed by atoms with Crippen LogP contribution in [-0.4, -0.2) is 4.99 Å². The summed E-state index contributed by atoms with van der Waals surface area (Å²) in [5, 5.41) is 0.449. The van der Waals surface area contributed by atoms with Crippen LogP contribution in [0.4, 0.5) is 4.39 Å². The zero-order chi connectivity index (χ0) is 14.7. The molecule has 2 nitrogen and oxygen atoms in total. The molecule has 0 bridgehead atoms. The Morgan fingerprint density at radius 2 is 2.05 bits per heavy atom. The maximum atomic E-state index is 13.7. The second-order valence-electron chi connectivity index (χ2n) is 4.03. The van der Waals surface area contributed by atoms with Gasteiger partial charge in [-0.05, 0) is 36.4 Å². The quantitative estimate of drug-likeness (QED) is 0.803. The molecular weight excluding hydrogens is 365 g/mol. The van der Waals surface area contributed by atoms with Crippen LogP contribution in [0.1, 0.15) is 11.1 Å². The van der Waals surface area contributed by atoms with Crippen LogP contribution >= 0.6 is 39.7 Å². The highest BCUT2D eigenvalue weighted by atomic mass is 79.9. The Balaban J connectivity index is 2.18. The summed E-state index contributed by atoms with van der Waals surface area (Å²) in [6, 6.07) is 9.64. The highest BCUT2D eigenvalue weighted by molar-refractivity contribution is 9.10. The van der Waals surface area contributed by atoms with E-state index >= 15 is 0 Å². The van der Waals surface area contributed by atoms with Gasteiger partial charge in [0.15, 0.2) is 0 Å². The standard InChI is InChI=1S/C14H10BrClFNOS/c15-10-2-4-13(11(16)6-10)19-7-9-5-8(14(18)20)1-3-12(9)17/h1-6H,7H2,(H2,18,20). The van der Waals surface area contributed by atoms with Crippen LogP contribution in [0, 0.1) is 5.82 Å². The molecule has 0 amide bonds. The van der Waals surface area contributed by atoms with Crippen LogP contribution in [0.2, 0.25) is 5.02 Å². The van der Waals surface area contributed by atoms with Gasteiger partial charge < -0.3 is 10.5 Å². The first-order valence-electron chi connectivity index (χ1n) is 5.63. The van der Waals surface area contributed by atoms with E-state index in [2.05, 4.69) is 15.9 Å². The van der Waals surface area contributed by atoms with Crippen LogP contribution in [-0.2, 0) is 6.61 Å². The molecule has 0 saturated heterocycles. The van der Waals surface area contributed by atoms with Crippen molar-refractivity contribution in [2.24, 2.45) is 5.73 Å². The predicted octanol–water partition coefficient (Wildman–Crippen LogP) is 4.45. The third kappa shape index (κ3) is 3.69. The van der Waals surface area contributed by atoms with Gasteiger partial charge in [-0.15, -0.1) is 0 Å². The van der Waals surface area contributed by atoms with Crippen molar-refractivity contribution >= 4 is 44.7 Å². The number of hydrogen-bond acceptors (Lipinski definition) is 2. The van der Waals surface area contributed by atoms with E-state index in [1.54, 1.807) is 24.3 Å². The largest absolute Gasteiger partial charge is 0.487 e. The molecule has 0 aliphatic heterocycles. The summed E-state index contributed by atoms with van der Waals surface area (Å²) >= 11 is 14.2. The van der Waals surface area contributed by atoms with Gasteiger partial charge in [0.25, 0.3) is 0 Å². The smallest absolute Gasteiger partial charge is 0.138 e. The molecule has 2 N–H and O–H groups in total. The first kappa shape index (κ1) is 15.2. The molecule has 20 heavy (non-hydrogen) atoms. The Kier molecular flexibility index (Phi) is 4.96. The van der Waals surface area contributed by atoms with Crippen LogP contribution < -0.4 is 10.5 Å². The normalized spacial score (nSPS) is 10.3. The topological polar surface area (TPSA) is 35.2 Å². The van der Waals surface area contributed by atoms with Crippen molar-refractivity contribution in [1.29, 1.82) is 0 Å². The fourth-order valence-electron chi connectivity index (χ4n) is 1.59. The second kappa shape index (κ2) is 6.52. The Labute approximate surface area is 134 Å². The molecule has 104 valence electrons. The Morgan fingerprint density at radius 3 is 2.70 bits per heavy atom. The lowest BCUT2D eigenvalue weighted by atomic mass is 10.1. The molecule has 6 heteroatoms. The summed E-state index contributed by atoms with van der Waals surface area (Å²) < 4.78 is 20.1. The maximum absolute atomic E-state index is 13.7. The summed E-state index contributed by atoms with van der Waals surface area (Å²) in [6.45, 7) is 0.0453. The molecule has 2 aromatic carbocycles. The van der Waals surface area contributed by atoms with Gasteiger partial charge in [0, 0.05) is 15.6 Å². The first-order chi connectivity index (χ1) is 9.47. The van der Waals surface area contributed by atoms with E-state index < -0.39 is 0 Å². The lowest BCUT2D eigenvalue weighted by molar-refractivity contribution is 0.300. The van der Waals surface area contributed by atoms with E-state index in [1.807, 2.05) is 0 Å². The van der Waals surface area contributed by atoms with Crippen molar-refractivity contribution in [3.8, 4) is 5.75 Å². The van der Waals surface area contributed by atoms with E-state index in [9.17, 15) is 4.39 Å². The van der Waals surface area contributed by atoms with Crippen LogP contribution in [0.3, 0.4) is 0 Å². The molecule has 0 aliphatic carbocycles. The summed E-state index contributed by atoms with van der Waals surface area (Å²) in [7, 11) is 0. The fourth-order valence-corrected chi connectivity index (χ4v) is 2.44. The molecular formula is C14H10BrClFNOS. The predicted molar refractivity (Wildman–Crippen MR) is 85.8 cm³/mol. The average molecular weight is 375 g/mol. The number of nitrogens with two attached hydrogens (primary N) is 1. The van der Waals surface area contributed by atoms with Crippen molar-refractivity contribution in [3.05, 3.63) is 62.8 Å². The molecule has 0 atom stereocenters. The molecule has 0 radical (unpaired) electrons. The van der Waals surface area contributed by atoms with E-state index in [4.69, 9.17) is 34.3 Å². The fraction of sp³-hybridized carbons (Fsp3) is 0.0714. The minimum absolute atomic E-state index is 0.0453. The zero-order valence-electron chi connectivity index (χ0n) is 10.2. The van der Waals surface area contributed by atoms with Gasteiger partial charge in [0.2, 0.25) is 0 Å². The molecule has 0 aromatic heterocycles. The molecule has 0 saturated carbocycles. The minimum Gasteiger partial charge on any atom is -0.487 e. The van der Waals surface area contributed by atoms with E-state index in [0.717, 1.165) is 4.47 Å². The third-order valence-electron chi connectivity index (χ3n) is 2.61. The van der Waals surface area contributed by atoms with Gasteiger partial charge in [-0.25, -0.2) is 4.39 Å². The van der Waals surface area contributed by atoms with Crippen molar-refractivity contribution in [3.63, 3.8) is 0 Å². The SMILES string of the molecule is NC(=S)c1ccc(F)c(COc2ccc(Br)cc2Cl)c1. The molecule has 2 rings (SSSR count). The number of ether oxygens (including phenoxy) is 1. The average Bonchev–Trinajstić information content (AvgIpc) is 2.39. The molecule has 0 unspecified atom stereocenters. The van der Waals surface area contributed by atoms with Crippen LogP contribution in [0.15, 0.2) is 40.9 Å². The highest BCUT2D eigenvalue weighted by Crippen LogP contribution is 2.28. The van der Waals surface area contributed by atoms with Crippen molar-refractivity contribution in [2.45, 2.75) is 6.61 Å². The second-order valence-corrected chi connectivity index (χ2v) is 5.80. The van der Waals surface area contributed by atoms with Crippen molar-refractivity contribution in [1.82, 2.24) is 0 Å². The molecule has 2 aromatic rings. The molecule has 0 fully saturated rings. The molecule has 0 heterocycles. The van der Waals surface area contributed by atoms with E-state index in [-0.39, 0.29) is 17.4 Å². The van der Waals surface area contributed by atoms with E-state index in [1.165, 1.54) is 12.1 Å². The minimum atomic E-state index is -0.377. The lowest BCUT2D eigenvalue weighted by Gasteiger charge is -2.10. The highest BCUT2D eigenvalue weighted by Gasteiger charge is 2.08. The molecule has 0 aliphatic rings. The van der Waals surface area contributed by atoms with Gasteiger partial charge in [-0.3, -0.25) is 0 Å². The van der Waals surface area contributed by atoms with Gasteiger partial charge in [-0.2, -0.15) is 0 Å². The van der Waals surface area contributed by atoms with E-state index in [0.29, 0.717) is 21.9 Å². The van der Waals surface area contributed by atoms with Gasteiger partial charge in [-0.1, -0.05) is 39.7 Å². The maximum Gasteiger partial charge on any atom is 0.138 e. The summed E-state index contributed by atoms with van der Waals surface area (Å²) in [5.74, 6) is 0.105. The molecule has 0 spiro atoms. The van der Waals surface area contributed by atoms with Crippen LogP contribution in [0.25, 0.3) is 0 Å².